The second-order valence-corrected chi connectivity index (χ2v) is 5.76. The summed E-state index contributed by atoms with van der Waals surface area (Å²) in [6.45, 7) is -0.513. The molecule has 12 heteroatoms. The van der Waals surface area contributed by atoms with E-state index in [1.807, 2.05) is 0 Å². The Morgan fingerprint density at radius 2 is 1.87 bits per heavy atom. The first kappa shape index (κ1) is 23.3. The number of hydrogen-bond acceptors (Lipinski definition) is 8. The van der Waals surface area contributed by atoms with Crippen LogP contribution in [0.2, 0.25) is 0 Å². The lowest BCUT2D eigenvalue weighted by Gasteiger charge is -2.13. The van der Waals surface area contributed by atoms with Gasteiger partial charge in [0.2, 0.25) is 5.88 Å². The molecule has 0 amide bonds. The minimum atomic E-state index is -4.59. The predicted molar refractivity (Wildman–Crippen MR) is 100 cm³/mol. The van der Waals surface area contributed by atoms with Crippen LogP contribution in [-0.4, -0.2) is 52.6 Å². The molecule has 0 saturated carbocycles. The number of carbonyl (C=O) groups is 2. The van der Waals surface area contributed by atoms with Crippen LogP contribution in [0.1, 0.15) is 23.9 Å². The second-order valence-electron chi connectivity index (χ2n) is 5.76. The summed E-state index contributed by atoms with van der Waals surface area (Å²) in [6.07, 6.45) is -2.49. The minimum absolute atomic E-state index is 0.105. The van der Waals surface area contributed by atoms with Crippen molar-refractivity contribution in [1.29, 1.82) is 0 Å². The maximum absolute atomic E-state index is 12.4. The summed E-state index contributed by atoms with van der Waals surface area (Å²) in [5, 5.41) is 13.2. The van der Waals surface area contributed by atoms with Gasteiger partial charge in [-0.3, -0.25) is 0 Å². The molecular weight excluding hydrogens is 423 g/mol. The van der Waals surface area contributed by atoms with E-state index in [-0.39, 0.29) is 28.2 Å². The molecule has 2 aromatic rings. The van der Waals surface area contributed by atoms with E-state index in [0.717, 1.165) is 25.4 Å². The van der Waals surface area contributed by atoms with Crippen molar-refractivity contribution >= 4 is 23.2 Å². The van der Waals surface area contributed by atoms with Crippen molar-refractivity contribution in [2.45, 2.75) is 13.1 Å². The van der Waals surface area contributed by atoms with E-state index in [1.165, 1.54) is 19.2 Å². The zero-order chi connectivity index (χ0) is 23.0. The summed E-state index contributed by atoms with van der Waals surface area (Å²) < 4.78 is 46.8. The van der Waals surface area contributed by atoms with Crippen LogP contribution in [0.25, 0.3) is 5.57 Å². The minimum Gasteiger partial charge on any atom is -0.503 e. The number of halogens is 3. The molecule has 0 atom stereocenters. The van der Waals surface area contributed by atoms with E-state index in [4.69, 9.17) is 4.74 Å². The lowest BCUT2D eigenvalue weighted by molar-refractivity contribution is -0.154. The van der Waals surface area contributed by atoms with Crippen LogP contribution >= 0.6 is 0 Å². The topological polar surface area (TPSA) is 120 Å². The van der Waals surface area contributed by atoms with Gasteiger partial charge in [-0.1, -0.05) is 29.4 Å². The van der Waals surface area contributed by atoms with Crippen molar-refractivity contribution in [3.05, 3.63) is 59.7 Å². The van der Waals surface area contributed by atoms with E-state index in [9.17, 15) is 27.9 Å². The van der Waals surface area contributed by atoms with Crippen molar-refractivity contribution < 1.29 is 42.2 Å². The average Bonchev–Trinajstić information content (AvgIpc) is 2.70. The van der Waals surface area contributed by atoms with Crippen molar-refractivity contribution in [3.63, 3.8) is 0 Å². The van der Waals surface area contributed by atoms with Crippen molar-refractivity contribution in [1.82, 2.24) is 9.97 Å². The van der Waals surface area contributed by atoms with Crippen LogP contribution in [0, 0.1) is 0 Å². The summed E-state index contributed by atoms with van der Waals surface area (Å²) in [6, 6.07) is 7.05. The smallest absolute Gasteiger partial charge is 0.422 e. The molecule has 2 rings (SSSR count). The number of rotatable bonds is 8. The number of carboxylic acids is 1. The Labute approximate surface area is 173 Å². The predicted octanol–water partition coefficient (Wildman–Crippen LogP) is 2.81. The molecule has 1 heterocycles. The molecule has 0 aliphatic heterocycles. The molecule has 0 spiro atoms. The first-order valence-corrected chi connectivity index (χ1v) is 8.47. The van der Waals surface area contributed by atoms with Crippen LogP contribution in [-0.2, 0) is 19.2 Å². The van der Waals surface area contributed by atoms with E-state index in [1.54, 1.807) is 12.1 Å². The molecule has 0 fully saturated rings. The molecule has 0 aliphatic carbocycles. The fraction of sp³-hybridized carbons (Fsp3) is 0.211. The summed E-state index contributed by atoms with van der Waals surface area (Å²) in [5.41, 5.74) is -0.264. The Balaban J connectivity index is 2.61. The Kier molecular flexibility index (Phi) is 7.66. The zero-order valence-corrected chi connectivity index (χ0v) is 16.2. The third-order valence-electron chi connectivity index (χ3n) is 3.43. The number of ether oxygens (including phenoxy) is 2. The third-order valence-corrected chi connectivity index (χ3v) is 3.43. The fourth-order valence-electron chi connectivity index (χ4n) is 2.28. The number of carboxylic acid groups (broad SMARTS) is 1. The van der Waals surface area contributed by atoms with Gasteiger partial charge in [-0.25, -0.2) is 14.6 Å². The number of methoxy groups -OCH3 is 1. The normalized spacial score (nSPS) is 12.3. The monoisotopic (exact) mass is 439 g/mol. The molecule has 164 valence electrons. The van der Waals surface area contributed by atoms with Crippen LogP contribution in [0.3, 0.4) is 0 Å². The quantitative estimate of drug-likeness (QED) is 0.219. The average molecular weight is 439 g/mol. The first-order valence-electron chi connectivity index (χ1n) is 8.47. The van der Waals surface area contributed by atoms with Gasteiger partial charge >= 0.3 is 18.1 Å². The fourth-order valence-corrected chi connectivity index (χ4v) is 2.28. The molecule has 1 aromatic heterocycles. The highest BCUT2D eigenvalue weighted by Gasteiger charge is 2.29. The second kappa shape index (κ2) is 10.2. The van der Waals surface area contributed by atoms with E-state index < -0.39 is 30.6 Å². The van der Waals surface area contributed by atoms with Gasteiger partial charge in [0.05, 0.1) is 13.4 Å². The van der Waals surface area contributed by atoms with Crippen LogP contribution in [0.15, 0.2) is 47.9 Å². The van der Waals surface area contributed by atoms with Gasteiger partial charge in [-0.05, 0) is 0 Å². The number of alkyl halides is 3. The standard InChI is InChI=1S/C19H16F3N3O6/c1-11(26)31-25-16(17-23-8-7-15(24-17)30-10-19(20,21)22)13-6-4-3-5-12(13)14(9-29-2)18(27)28/h3-9H,10H2,1-2H3,(H,27,28). The molecule has 0 radical (unpaired) electrons. The summed E-state index contributed by atoms with van der Waals surface area (Å²) in [4.78, 5) is 35.4. The largest absolute Gasteiger partial charge is 0.503 e. The highest BCUT2D eigenvalue weighted by molar-refractivity contribution is 6.21. The maximum atomic E-state index is 12.4. The van der Waals surface area contributed by atoms with Gasteiger partial charge in [0, 0.05) is 30.3 Å². The molecular formula is C19H16F3N3O6. The lowest BCUT2D eigenvalue weighted by atomic mass is 9.96. The number of carbonyl (C=O) groups excluding carboxylic acids is 1. The molecule has 1 aromatic carbocycles. The lowest BCUT2D eigenvalue weighted by Crippen LogP contribution is -2.20. The zero-order valence-electron chi connectivity index (χ0n) is 16.2. The highest BCUT2D eigenvalue weighted by Crippen LogP contribution is 2.23. The number of benzene rings is 1. The van der Waals surface area contributed by atoms with Crippen LogP contribution in [0.5, 0.6) is 5.88 Å². The number of oxime groups is 1. The number of nitrogens with zero attached hydrogens (tertiary/aromatic N) is 3. The molecule has 0 unspecified atom stereocenters. The Hall–Kier alpha value is -3.96. The van der Waals surface area contributed by atoms with Crippen LogP contribution < -0.4 is 4.74 Å². The van der Waals surface area contributed by atoms with Gasteiger partial charge in [0.25, 0.3) is 0 Å². The molecule has 0 saturated heterocycles. The molecule has 31 heavy (non-hydrogen) atoms. The third kappa shape index (κ3) is 6.80. The van der Waals surface area contributed by atoms with E-state index in [0.29, 0.717) is 0 Å². The van der Waals surface area contributed by atoms with Crippen molar-refractivity contribution in [2.75, 3.05) is 13.7 Å². The van der Waals surface area contributed by atoms with Gasteiger partial charge in [-0.2, -0.15) is 18.2 Å². The summed E-state index contributed by atoms with van der Waals surface area (Å²) in [5.74, 6) is -2.81. The Morgan fingerprint density at radius 3 is 2.45 bits per heavy atom. The van der Waals surface area contributed by atoms with E-state index in [2.05, 4.69) is 24.7 Å². The molecule has 0 aliphatic rings. The number of hydrogen-bond donors (Lipinski definition) is 1. The van der Waals surface area contributed by atoms with Gasteiger partial charge in [0.15, 0.2) is 18.1 Å². The highest BCUT2D eigenvalue weighted by atomic mass is 19.4. The molecule has 0 bridgehead atoms. The van der Waals surface area contributed by atoms with E-state index >= 15 is 0 Å². The number of aliphatic carboxylic acids is 1. The molecule has 9 nitrogen and oxygen atoms in total. The van der Waals surface area contributed by atoms with Crippen LogP contribution in [0.4, 0.5) is 13.2 Å². The Bertz CT molecular complexity index is 1020. The Morgan fingerprint density at radius 1 is 1.19 bits per heavy atom. The SMILES string of the molecule is COC=C(C(=O)O)c1ccccc1C(=NOC(C)=O)c1nccc(OCC(F)(F)F)n1. The first-order chi connectivity index (χ1) is 14.6. The maximum Gasteiger partial charge on any atom is 0.422 e. The van der Waals surface area contributed by atoms with Crippen molar-refractivity contribution in [3.8, 4) is 5.88 Å². The molecule has 1 N–H and O–H groups in total. The summed E-state index contributed by atoms with van der Waals surface area (Å²) >= 11 is 0. The van der Waals surface area contributed by atoms with Gasteiger partial charge < -0.3 is 19.4 Å². The number of aromatic nitrogens is 2. The summed E-state index contributed by atoms with van der Waals surface area (Å²) in [7, 11) is 1.25. The van der Waals surface area contributed by atoms with Gasteiger partial charge in [-0.15, -0.1) is 0 Å². The van der Waals surface area contributed by atoms with Gasteiger partial charge in [0.1, 0.15) is 5.57 Å². The van der Waals surface area contributed by atoms with Crippen molar-refractivity contribution in [2.24, 2.45) is 5.16 Å².